The van der Waals surface area contributed by atoms with Crippen LogP contribution in [0.1, 0.15) is 0 Å². The van der Waals surface area contributed by atoms with Crippen LogP contribution in [0, 0.1) is 0 Å². The highest BCUT2D eigenvalue weighted by Gasteiger charge is 2.23. The normalized spacial score (nSPS) is 11.7. The summed E-state index contributed by atoms with van der Waals surface area (Å²) in [5.41, 5.74) is 9.63. The van der Waals surface area contributed by atoms with E-state index in [1.807, 2.05) is 0 Å². The van der Waals surface area contributed by atoms with E-state index in [2.05, 4.69) is 205 Å². The highest BCUT2D eigenvalue weighted by molar-refractivity contribution is 6.19. The Bertz CT molecular complexity index is 3220. The molecule has 0 bridgehead atoms. The predicted molar refractivity (Wildman–Crippen MR) is 229 cm³/mol. The van der Waals surface area contributed by atoms with Gasteiger partial charge in [0.1, 0.15) is 11.2 Å². The molecular formula is C52H33NO. The van der Waals surface area contributed by atoms with Gasteiger partial charge in [0.25, 0.3) is 0 Å². The number of fused-ring (bicyclic) bond motifs is 8. The van der Waals surface area contributed by atoms with E-state index in [1.54, 1.807) is 0 Å². The van der Waals surface area contributed by atoms with Gasteiger partial charge in [0.05, 0.1) is 11.1 Å². The lowest BCUT2D eigenvalue weighted by atomic mass is 9.95. The van der Waals surface area contributed by atoms with Crippen molar-refractivity contribution in [3.05, 3.63) is 200 Å². The Kier molecular flexibility index (Phi) is 6.90. The summed E-state index contributed by atoms with van der Waals surface area (Å²) in [7, 11) is 0. The van der Waals surface area contributed by atoms with Gasteiger partial charge < -0.3 is 9.32 Å². The quantitative estimate of drug-likeness (QED) is 0.168. The number of hydrogen-bond donors (Lipinski definition) is 0. The summed E-state index contributed by atoms with van der Waals surface area (Å²) in [6, 6.07) is 72.3. The second-order valence-corrected chi connectivity index (χ2v) is 14.1. The third kappa shape index (κ3) is 4.81. The molecule has 0 aliphatic carbocycles. The number of anilines is 3. The van der Waals surface area contributed by atoms with Gasteiger partial charge in [-0.2, -0.15) is 0 Å². The van der Waals surface area contributed by atoms with Gasteiger partial charge in [-0.05, 0) is 102 Å². The van der Waals surface area contributed by atoms with Gasteiger partial charge in [0, 0.05) is 22.3 Å². The molecule has 1 aromatic heterocycles. The minimum Gasteiger partial charge on any atom is -0.455 e. The largest absolute Gasteiger partial charge is 0.455 e. The molecule has 0 atom stereocenters. The molecule has 1 heterocycles. The zero-order valence-corrected chi connectivity index (χ0v) is 29.4. The van der Waals surface area contributed by atoms with Crippen LogP contribution in [0.4, 0.5) is 17.1 Å². The van der Waals surface area contributed by atoms with E-state index in [9.17, 15) is 0 Å². The Morgan fingerprint density at radius 3 is 1.61 bits per heavy atom. The van der Waals surface area contributed by atoms with Gasteiger partial charge in [-0.25, -0.2) is 0 Å². The standard InChI is InChI=1S/C52H33NO/c1-4-16-41-34(11-1)14-9-20-42(41)37-25-28-39(29-26-37)53(40-30-27-38-24-23-36-13-3-6-18-44(36)48(38)33-40)49-32-31-46(45-21-10-15-35-12-2-5-17-43(35)45)52-51(49)47-19-7-8-22-50(47)54-52/h1-33H. The van der Waals surface area contributed by atoms with Crippen molar-refractivity contribution in [1.29, 1.82) is 0 Å². The third-order valence-corrected chi connectivity index (χ3v) is 11.0. The molecule has 0 aliphatic rings. The fraction of sp³-hybridized carbons (Fsp3) is 0. The highest BCUT2D eigenvalue weighted by Crippen LogP contribution is 2.48. The number of para-hydroxylation sites is 1. The number of nitrogens with zero attached hydrogens (tertiary/aromatic N) is 1. The van der Waals surface area contributed by atoms with E-state index >= 15 is 0 Å². The van der Waals surface area contributed by atoms with Gasteiger partial charge >= 0.3 is 0 Å². The lowest BCUT2D eigenvalue weighted by Crippen LogP contribution is -2.10. The molecule has 0 radical (unpaired) electrons. The van der Waals surface area contributed by atoms with Crippen molar-refractivity contribution in [2.75, 3.05) is 4.90 Å². The molecule has 54 heavy (non-hydrogen) atoms. The number of benzene rings is 10. The number of rotatable bonds is 5. The van der Waals surface area contributed by atoms with Crippen LogP contribution in [0.2, 0.25) is 0 Å². The summed E-state index contributed by atoms with van der Waals surface area (Å²) in [6.45, 7) is 0. The first-order valence-electron chi connectivity index (χ1n) is 18.5. The average molecular weight is 688 g/mol. The summed E-state index contributed by atoms with van der Waals surface area (Å²) in [6.07, 6.45) is 0. The van der Waals surface area contributed by atoms with Crippen LogP contribution in [0.15, 0.2) is 205 Å². The molecule has 252 valence electrons. The van der Waals surface area contributed by atoms with Crippen molar-refractivity contribution in [3.63, 3.8) is 0 Å². The van der Waals surface area contributed by atoms with E-state index in [0.29, 0.717) is 0 Å². The van der Waals surface area contributed by atoms with Crippen molar-refractivity contribution < 1.29 is 4.42 Å². The monoisotopic (exact) mass is 687 g/mol. The summed E-state index contributed by atoms with van der Waals surface area (Å²) >= 11 is 0. The molecule has 0 spiro atoms. The lowest BCUT2D eigenvalue weighted by Gasteiger charge is -2.27. The van der Waals surface area contributed by atoms with Crippen molar-refractivity contribution in [2.24, 2.45) is 0 Å². The van der Waals surface area contributed by atoms with E-state index in [4.69, 9.17) is 4.42 Å². The topological polar surface area (TPSA) is 16.4 Å². The van der Waals surface area contributed by atoms with Gasteiger partial charge in [-0.15, -0.1) is 0 Å². The maximum absolute atomic E-state index is 6.87. The molecule has 0 amide bonds. The molecule has 0 N–H and O–H groups in total. The zero-order valence-electron chi connectivity index (χ0n) is 29.4. The molecular weight excluding hydrogens is 655 g/mol. The van der Waals surface area contributed by atoms with Crippen LogP contribution in [0.3, 0.4) is 0 Å². The molecule has 2 nitrogen and oxygen atoms in total. The lowest BCUT2D eigenvalue weighted by molar-refractivity contribution is 0.670. The number of hydrogen-bond acceptors (Lipinski definition) is 2. The molecule has 0 aliphatic heterocycles. The summed E-state index contributed by atoms with van der Waals surface area (Å²) in [5, 5.41) is 12.0. The van der Waals surface area contributed by atoms with Gasteiger partial charge in [-0.3, -0.25) is 0 Å². The molecule has 0 saturated heterocycles. The smallest absolute Gasteiger partial charge is 0.145 e. The fourth-order valence-electron chi connectivity index (χ4n) is 8.49. The maximum atomic E-state index is 6.87. The minimum absolute atomic E-state index is 0.872. The summed E-state index contributed by atoms with van der Waals surface area (Å²) < 4.78 is 6.87. The molecule has 11 aromatic rings. The highest BCUT2D eigenvalue weighted by atomic mass is 16.3. The molecule has 0 fully saturated rings. The Morgan fingerprint density at radius 2 is 0.870 bits per heavy atom. The van der Waals surface area contributed by atoms with Crippen LogP contribution < -0.4 is 4.90 Å². The molecule has 0 unspecified atom stereocenters. The van der Waals surface area contributed by atoms with Crippen LogP contribution in [-0.2, 0) is 0 Å². The van der Waals surface area contributed by atoms with E-state index in [1.165, 1.54) is 54.2 Å². The number of furan rings is 1. The minimum atomic E-state index is 0.872. The SMILES string of the molecule is c1ccc2c(-c3ccc(N(c4ccc5ccc6ccccc6c5c4)c4ccc(-c5cccc6ccccc56)c5oc6ccccc6c45)cc3)cccc2c1. The molecule has 2 heteroatoms. The fourth-order valence-corrected chi connectivity index (χ4v) is 8.49. The Labute approximate surface area is 312 Å². The van der Waals surface area contributed by atoms with Crippen LogP contribution in [-0.4, -0.2) is 0 Å². The molecule has 10 aromatic carbocycles. The van der Waals surface area contributed by atoms with E-state index < -0.39 is 0 Å². The third-order valence-electron chi connectivity index (χ3n) is 11.0. The van der Waals surface area contributed by atoms with Crippen LogP contribution in [0.5, 0.6) is 0 Å². The molecule has 0 saturated carbocycles. The van der Waals surface area contributed by atoms with Gasteiger partial charge in [0.15, 0.2) is 0 Å². The van der Waals surface area contributed by atoms with Crippen molar-refractivity contribution >= 4 is 82.1 Å². The zero-order chi connectivity index (χ0) is 35.6. The Morgan fingerprint density at radius 1 is 0.333 bits per heavy atom. The van der Waals surface area contributed by atoms with Gasteiger partial charge in [0.2, 0.25) is 0 Å². The van der Waals surface area contributed by atoms with Crippen molar-refractivity contribution in [2.45, 2.75) is 0 Å². The molecule has 11 rings (SSSR count). The second-order valence-electron chi connectivity index (χ2n) is 14.1. The van der Waals surface area contributed by atoms with E-state index in [-0.39, 0.29) is 0 Å². The second kappa shape index (κ2) is 12.2. The van der Waals surface area contributed by atoms with Crippen LogP contribution >= 0.6 is 0 Å². The van der Waals surface area contributed by atoms with Crippen molar-refractivity contribution in [3.8, 4) is 22.3 Å². The first-order chi connectivity index (χ1) is 26.8. The van der Waals surface area contributed by atoms with Crippen LogP contribution in [0.25, 0.3) is 87.3 Å². The maximum Gasteiger partial charge on any atom is 0.145 e. The van der Waals surface area contributed by atoms with Crippen molar-refractivity contribution in [1.82, 2.24) is 0 Å². The first kappa shape index (κ1) is 30.5. The summed E-state index contributed by atoms with van der Waals surface area (Å²) in [5.74, 6) is 0. The Hall–Kier alpha value is -7.16. The van der Waals surface area contributed by atoms with Gasteiger partial charge in [-0.1, -0.05) is 158 Å². The first-order valence-corrected chi connectivity index (χ1v) is 18.5. The summed E-state index contributed by atoms with van der Waals surface area (Å²) in [4.78, 5) is 2.41. The predicted octanol–water partition coefficient (Wildman–Crippen LogP) is 15.0. The average Bonchev–Trinajstić information content (AvgIpc) is 3.64. The Balaban J connectivity index is 1.18. The van der Waals surface area contributed by atoms with E-state index in [0.717, 1.165) is 50.1 Å².